The molecular formula is C14H18N2O4. The van der Waals surface area contributed by atoms with Gasteiger partial charge in [-0.1, -0.05) is 17.7 Å². The highest BCUT2D eigenvalue weighted by molar-refractivity contribution is 5.83. The third-order valence-electron chi connectivity index (χ3n) is 3.37. The Hall–Kier alpha value is -2.08. The van der Waals surface area contributed by atoms with Crippen molar-refractivity contribution in [1.82, 2.24) is 10.2 Å². The van der Waals surface area contributed by atoms with Gasteiger partial charge in [0.2, 0.25) is 5.91 Å². The lowest BCUT2D eigenvalue weighted by Gasteiger charge is -2.33. The summed E-state index contributed by atoms with van der Waals surface area (Å²) in [6.45, 7) is 2.53. The highest BCUT2D eigenvalue weighted by Crippen LogP contribution is 2.22. The van der Waals surface area contributed by atoms with Gasteiger partial charge in [-0.2, -0.15) is 0 Å². The van der Waals surface area contributed by atoms with E-state index in [2.05, 4.69) is 5.32 Å². The van der Waals surface area contributed by atoms with Gasteiger partial charge >= 0.3 is 5.97 Å². The van der Waals surface area contributed by atoms with E-state index in [1.807, 2.05) is 25.1 Å². The highest BCUT2D eigenvalue weighted by Gasteiger charge is 2.32. The number of amides is 1. The number of nitrogens with zero attached hydrogens (tertiary/aromatic N) is 1. The Morgan fingerprint density at radius 2 is 2.30 bits per heavy atom. The lowest BCUT2D eigenvalue weighted by molar-refractivity contribution is -0.146. The molecule has 1 atom stereocenters. The monoisotopic (exact) mass is 278 g/mol. The van der Waals surface area contributed by atoms with Crippen molar-refractivity contribution in [2.75, 3.05) is 20.2 Å². The fourth-order valence-corrected chi connectivity index (χ4v) is 2.35. The Labute approximate surface area is 117 Å². The number of carboxylic acid groups (broad SMARTS) is 1. The van der Waals surface area contributed by atoms with Gasteiger partial charge in [0, 0.05) is 18.7 Å². The van der Waals surface area contributed by atoms with Crippen molar-refractivity contribution in [2.24, 2.45) is 0 Å². The minimum Gasteiger partial charge on any atom is -0.496 e. The number of nitrogens with one attached hydrogen (secondary N) is 1. The van der Waals surface area contributed by atoms with E-state index in [1.54, 1.807) is 12.0 Å². The summed E-state index contributed by atoms with van der Waals surface area (Å²) in [5.41, 5.74) is 1.95. The zero-order valence-electron chi connectivity index (χ0n) is 11.5. The van der Waals surface area contributed by atoms with E-state index in [0.29, 0.717) is 12.3 Å². The summed E-state index contributed by atoms with van der Waals surface area (Å²) in [6, 6.07) is 5.02. The molecule has 1 heterocycles. The summed E-state index contributed by atoms with van der Waals surface area (Å²) in [5, 5.41) is 11.8. The van der Waals surface area contributed by atoms with Gasteiger partial charge in [0.05, 0.1) is 13.7 Å². The summed E-state index contributed by atoms with van der Waals surface area (Å²) in [5.74, 6) is -0.392. The smallest absolute Gasteiger partial charge is 0.322 e. The van der Waals surface area contributed by atoms with Crippen LogP contribution >= 0.6 is 0 Å². The summed E-state index contributed by atoms with van der Waals surface area (Å²) in [4.78, 5) is 24.4. The molecule has 0 radical (unpaired) electrons. The van der Waals surface area contributed by atoms with Gasteiger partial charge in [0.15, 0.2) is 0 Å². The molecule has 1 aliphatic rings. The van der Waals surface area contributed by atoms with Gasteiger partial charge in [0.25, 0.3) is 0 Å². The molecule has 2 rings (SSSR count). The number of ether oxygens (including phenoxy) is 1. The second kappa shape index (κ2) is 5.92. The Morgan fingerprint density at radius 3 is 2.95 bits per heavy atom. The fraction of sp³-hybridized carbons (Fsp3) is 0.429. The minimum absolute atomic E-state index is 0.0774. The molecule has 1 saturated heterocycles. The molecule has 108 valence electrons. The van der Waals surface area contributed by atoms with Crippen molar-refractivity contribution in [2.45, 2.75) is 19.5 Å². The van der Waals surface area contributed by atoms with Gasteiger partial charge < -0.3 is 15.2 Å². The van der Waals surface area contributed by atoms with Crippen molar-refractivity contribution < 1.29 is 19.4 Å². The fourth-order valence-electron chi connectivity index (χ4n) is 2.35. The molecule has 6 nitrogen and oxygen atoms in total. The molecule has 0 aromatic heterocycles. The van der Waals surface area contributed by atoms with Gasteiger partial charge in [0.1, 0.15) is 11.8 Å². The second-order valence-corrected chi connectivity index (χ2v) is 4.88. The molecule has 1 aromatic rings. The zero-order chi connectivity index (χ0) is 14.7. The third kappa shape index (κ3) is 3.08. The molecule has 0 spiro atoms. The Kier molecular flexibility index (Phi) is 4.24. The van der Waals surface area contributed by atoms with Gasteiger partial charge in [-0.15, -0.1) is 0 Å². The minimum atomic E-state index is -0.934. The van der Waals surface area contributed by atoms with Crippen LogP contribution in [0.4, 0.5) is 0 Å². The van der Waals surface area contributed by atoms with Crippen LogP contribution in [0.5, 0.6) is 5.75 Å². The molecule has 1 aliphatic heterocycles. The molecule has 1 aromatic carbocycles. The van der Waals surface area contributed by atoms with E-state index in [1.165, 1.54) is 0 Å². The topological polar surface area (TPSA) is 78.9 Å². The predicted octanol–water partition coefficient (Wildman–Crippen LogP) is 0.389. The molecule has 0 saturated carbocycles. The lowest BCUT2D eigenvalue weighted by Crippen LogP contribution is -2.56. The number of carboxylic acids is 1. The quantitative estimate of drug-likeness (QED) is 0.833. The maximum Gasteiger partial charge on any atom is 0.322 e. The predicted molar refractivity (Wildman–Crippen MR) is 72.6 cm³/mol. The van der Waals surface area contributed by atoms with Gasteiger partial charge in [-0.3, -0.25) is 14.5 Å². The Balaban J connectivity index is 2.23. The molecule has 1 unspecified atom stereocenters. The van der Waals surface area contributed by atoms with Crippen molar-refractivity contribution in [3.05, 3.63) is 29.3 Å². The molecule has 0 aliphatic carbocycles. The van der Waals surface area contributed by atoms with Crippen molar-refractivity contribution in [1.29, 1.82) is 0 Å². The Bertz CT molecular complexity index is 530. The van der Waals surface area contributed by atoms with Crippen LogP contribution in [0.1, 0.15) is 11.1 Å². The molecular weight excluding hydrogens is 260 g/mol. The van der Waals surface area contributed by atoms with Crippen molar-refractivity contribution >= 4 is 11.9 Å². The van der Waals surface area contributed by atoms with Crippen LogP contribution in [0.15, 0.2) is 18.2 Å². The van der Waals surface area contributed by atoms with Crippen LogP contribution in [0.2, 0.25) is 0 Å². The summed E-state index contributed by atoms with van der Waals surface area (Å²) < 4.78 is 5.29. The number of carbonyl (C=O) groups is 2. The largest absolute Gasteiger partial charge is 0.496 e. The second-order valence-electron chi connectivity index (χ2n) is 4.88. The van der Waals surface area contributed by atoms with Gasteiger partial charge in [-0.05, 0) is 13.0 Å². The average molecular weight is 278 g/mol. The first kappa shape index (κ1) is 14.3. The number of methoxy groups -OCH3 is 1. The van der Waals surface area contributed by atoms with Crippen LogP contribution in [-0.4, -0.2) is 48.1 Å². The molecule has 20 heavy (non-hydrogen) atoms. The highest BCUT2D eigenvalue weighted by atomic mass is 16.5. The number of hydrogen-bond donors (Lipinski definition) is 2. The van der Waals surface area contributed by atoms with Crippen LogP contribution in [-0.2, 0) is 16.1 Å². The van der Waals surface area contributed by atoms with Crippen molar-refractivity contribution in [3.63, 3.8) is 0 Å². The molecule has 1 amide bonds. The average Bonchev–Trinajstić information content (AvgIpc) is 2.38. The van der Waals surface area contributed by atoms with Crippen LogP contribution in [0.25, 0.3) is 0 Å². The first-order valence-corrected chi connectivity index (χ1v) is 6.38. The van der Waals surface area contributed by atoms with E-state index in [9.17, 15) is 14.7 Å². The van der Waals surface area contributed by atoms with E-state index >= 15 is 0 Å². The van der Waals surface area contributed by atoms with Crippen LogP contribution in [0.3, 0.4) is 0 Å². The van der Waals surface area contributed by atoms with Crippen molar-refractivity contribution in [3.8, 4) is 5.75 Å². The van der Waals surface area contributed by atoms with E-state index in [-0.39, 0.29) is 19.0 Å². The molecule has 2 N–H and O–H groups in total. The number of piperazine rings is 1. The molecule has 0 bridgehead atoms. The maximum absolute atomic E-state index is 11.5. The molecule has 1 fully saturated rings. The van der Waals surface area contributed by atoms with Gasteiger partial charge in [-0.25, -0.2) is 0 Å². The van der Waals surface area contributed by atoms with Crippen LogP contribution in [0, 0.1) is 6.92 Å². The first-order chi connectivity index (χ1) is 9.51. The third-order valence-corrected chi connectivity index (χ3v) is 3.37. The number of benzene rings is 1. The van der Waals surface area contributed by atoms with E-state index in [4.69, 9.17) is 4.74 Å². The molecule has 6 heteroatoms. The lowest BCUT2D eigenvalue weighted by atomic mass is 10.1. The standard InChI is InChI=1S/C14H18N2O4/c1-9-3-4-12(20-2)10(5-9)7-16-8-13(17)15-6-11(16)14(18)19/h3-5,11H,6-8H2,1-2H3,(H,15,17)(H,18,19). The number of aliphatic carboxylic acids is 1. The number of carbonyl (C=O) groups excluding carboxylic acids is 1. The summed E-state index contributed by atoms with van der Waals surface area (Å²) >= 11 is 0. The number of rotatable bonds is 4. The summed E-state index contributed by atoms with van der Waals surface area (Å²) in [6.07, 6.45) is 0. The SMILES string of the molecule is COc1ccc(C)cc1CN1CC(=O)NCC1C(=O)O. The van der Waals surface area contributed by atoms with E-state index < -0.39 is 12.0 Å². The first-order valence-electron chi connectivity index (χ1n) is 6.38. The number of aryl methyl sites for hydroxylation is 1. The maximum atomic E-state index is 11.5. The normalized spacial score (nSPS) is 19.5. The number of hydrogen-bond acceptors (Lipinski definition) is 4. The van der Waals surface area contributed by atoms with E-state index in [0.717, 1.165) is 11.1 Å². The Morgan fingerprint density at radius 1 is 1.55 bits per heavy atom. The zero-order valence-corrected chi connectivity index (χ0v) is 11.5. The summed E-state index contributed by atoms with van der Waals surface area (Å²) in [7, 11) is 1.58. The van der Waals surface area contributed by atoms with Crippen LogP contribution < -0.4 is 10.1 Å².